The predicted molar refractivity (Wildman–Crippen MR) is 75.7 cm³/mol. The Morgan fingerprint density at radius 1 is 1.25 bits per heavy atom. The van der Waals surface area contributed by atoms with Crippen LogP contribution < -0.4 is 0 Å². The fourth-order valence-electron chi connectivity index (χ4n) is 8.01. The Morgan fingerprint density at radius 3 is 2.80 bits per heavy atom. The van der Waals surface area contributed by atoms with E-state index in [1.165, 1.54) is 25.7 Å². The number of hydrogen-bond donors (Lipinski definition) is 0. The van der Waals surface area contributed by atoms with Gasteiger partial charge in [0, 0.05) is 5.41 Å². The van der Waals surface area contributed by atoms with Crippen molar-refractivity contribution in [3.05, 3.63) is 0 Å². The first kappa shape index (κ1) is 12.1. The lowest BCUT2D eigenvalue weighted by Gasteiger charge is -2.47. The minimum Gasteiger partial charge on any atom is -0.465 e. The molecule has 9 atom stereocenters. The maximum Gasteiger partial charge on any atom is 0.306 e. The maximum absolute atomic E-state index is 11.7. The normalized spacial score (nSPS) is 62.4. The molecule has 5 fully saturated rings. The molecule has 4 aliphatic carbocycles. The summed E-state index contributed by atoms with van der Waals surface area (Å²) < 4.78 is 5.41. The zero-order valence-corrected chi connectivity index (χ0v) is 12.7. The summed E-state index contributed by atoms with van der Waals surface area (Å²) in [5.41, 5.74) is 0.273. The van der Waals surface area contributed by atoms with Crippen molar-refractivity contribution in [3.8, 4) is 0 Å². The van der Waals surface area contributed by atoms with E-state index in [0.717, 1.165) is 60.4 Å². The van der Waals surface area contributed by atoms with Crippen molar-refractivity contribution in [2.45, 2.75) is 46.0 Å². The number of carbonyl (C=O) groups excluding carboxylic acids is 1. The van der Waals surface area contributed by atoms with Gasteiger partial charge in [0.1, 0.15) is 0 Å². The molecular formula is C18H26O2. The van der Waals surface area contributed by atoms with Gasteiger partial charge in [0.25, 0.3) is 0 Å². The third-order valence-electron chi connectivity index (χ3n) is 8.39. The van der Waals surface area contributed by atoms with Crippen LogP contribution in [-0.2, 0) is 9.53 Å². The van der Waals surface area contributed by atoms with E-state index in [1.54, 1.807) is 0 Å². The number of fused-ring (bicyclic) bond motifs is 10. The molecule has 1 spiro atoms. The monoisotopic (exact) mass is 274 g/mol. The fourth-order valence-corrected chi connectivity index (χ4v) is 8.01. The fraction of sp³-hybridized carbons (Fsp3) is 0.944. The topological polar surface area (TPSA) is 26.3 Å². The Hall–Kier alpha value is -0.530. The number of ether oxygens (including phenoxy) is 1. The second kappa shape index (κ2) is 3.62. The summed E-state index contributed by atoms with van der Waals surface area (Å²) in [6, 6.07) is 0. The Bertz CT molecular complexity index is 472. The Balaban J connectivity index is 1.51. The number of carbonyl (C=O) groups is 1. The molecule has 1 saturated heterocycles. The van der Waals surface area contributed by atoms with Crippen LogP contribution in [0.4, 0.5) is 0 Å². The summed E-state index contributed by atoms with van der Waals surface area (Å²) in [6.45, 7) is 5.67. The summed E-state index contributed by atoms with van der Waals surface area (Å²) >= 11 is 0. The highest BCUT2D eigenvalue weighted by molar-refractivity contribution is 5.72. The molecule has 0 aromatic rings. The lowest BCUT2D eigenvalue weighted by molar-refractivity contribution is -0.137. The first-order valence-electron chi connectivity index (χ1n) is 8.80. The van der Waals surface area contributed by atoms with E-state index in [4.69, 9.17) is 4.74 Å². The largest absolute Gasteiger partial charge is 0.465 e. The van der Waals surface area contributed by atoms with E-state index in [1.807, 2.05) is 0 Å². The molecule has 20 heavy (non-hydrogen) atoms. The molecule has 0 radical (unpaired) electrons. The van der Waals surface area contributed by atoms with Gasteiger partial charge in [-0.3, -0.25) is 4.79 Å². The van der Waals surface area contributed by atoms with E-state index < -0.39 is 0 Å². The smallest absolute Gasteiger partial charge is 0.306 e. The summed E-state index contributed by atoms with van der Waals surface area (Å²) in [7, 11) is 0. The van der Waals surface area contributed by atoms with Gasteiger partial charge in [-0.15, -0.1) is 0 Å². The van der Waals surface area contributed by atoms with Crippen LogP contribution in [-0.4, -0.2) is 12.6 Å². The van der Waals surface area contributed by atoms with Crippen molar-refractivity contribution in [2.75, 3.05) is 6.61 Å². The Morgan fingerprint density at radius 2 is 2.10 bits per heavy atom. The highest BCUT2D eigenvalue weighted by Gasteiger charge is 2.70. The summed E-state index contributed by atoms with van der Waals surface area (Å²) in [4.78, 5) is 11.7. The van der Waals surface area contributed by atoms with Gasteiger partial charge in [-0.1, -0.05) is 20.3 Å². The molecule has 5 aliphatic rings. The van der Waals surface area contributed by atoms with E-state index in [0.29, 0.717) is 0 Å². The zero-order valence-electron chi connectivity index (χ0n) is 12.7. The van der Waals surface area contributed by atoms with Crippen LogP contribution in [0.1, 0.15) is 46.0 Å². The maximum atomic E-state index is 11.7. The first-order valence-corrected chi connectivity index (χ1v) is 8.80. The van der Waals surface area contributed by atoms with Gasteiger partial charge in [-0.25, -0.2) is 0 Å². The highest BCUT2D eigenvalue weighted by Crippen LogP contribution is 2.75. The molecule has 110 valence electrons. The highest BCUT2D eigenvalue weighted by atomic mass is 16.5. The van der Waals surface area contributed by atoms with Gasteiger partial charge in [0.15, 0.2) is 0 Å². The van der Waals surface area contributed by atoms with Gasteiger partial charge >= 0.3 is 5.97 Å². The molecule has 1 aliphatic heterocycles. The molecule has 0 N–H and O–H groups in total. The molecule has 0 amide bonds. The third-order valence-corrected chi connectivity index (χ3v) is 8.39. The number of esters is 1. The summed E-state index contributed by atoms with van der Waals surface area (Å²) in [6.07, 6.45) is 6.33. The van der Waals surface area contributed by atoms with Crippen molar-refractivity contribution >= 4 is 5.97 Å². The van der Waals surface area contributed by atoms with Crippen molar-refractivity contribution in [1.29, 1.82) is 0 Å². The SMILES string of the molecule is CCC1C(C)C2CC1C1C2C2CC1C1(COC(=O)C1)C2. The van der Waals surface area contributed by atoms with Crippen LogP contribution in [0.5, 0.6) is 0 Å². The van der Waals surface area contributed by atoms with Crippen LogP contribution in [0.3, 0.4) is 0 Å². The molecule has 4 bridgehead atoms. The second-order valence-electron chi connectivity index (χ2n) is 8.66. The molecule has 2 nitrogen and oxygen atoms in total. The quantitative estimate of drug-likeness (QED) is 0.540. The number of rotatable bonds is 1. The van der Waals surface area contributed by atoms with Crippen molar-refractivity contribution in [2.24, 2.45) is 52.8 Å². The van der Waals surface area contributed by atoms with Crippen molar-refractivity contribution in [1.82, 2.24) is 0 Å². The lowest BCUT2D eigenvalue weighted by Crippen LogP contribution is -2.44. The second-order valence-corrected chi connectivity index (χ2v) is 8.66. The van der Waals surface area contributed by atoms with Gasteiger partial charge < -0.3 is 4.74 Å². The molecule has 0 aromatic carbocycles. The zero-order chi connectivity index (χ0) is 13.6. The lowest BCUT2D eigenvalue weighted by atomic mass is 9.57. The third kappa shape index (κ3) is 1.18. The molecule has 5 rings (SSSR count). The first-order chi connectivity index (χ1) is 9.64. The van der Waals surface area contributed by atoms with Gasteiger partial charge in [0.2, 0.25) is 0 Å². The predicted octanol–water partition coefficient (Wildman–Crippen LogP) is 3.50. The minimum atomic E-state index is 0.0812. The van der Waals surface area contributed by atoms with Crippen LogP contribution in [0.25, 0.3) is 0 Å². The van der Waals surface area contributed by atoms with E-state index in [-0.39, 0.29) is 11.4 Å². The molecule has 1 heterocycles. The average molecular weight is 274 g/mol. The van der Waals surface area contributed by atoms with Crippen LogP contribution >= 0.6 is 0 Å². The van der Waals surface area contributed by atoms with E-state index in [2.05, 4.69) is 13.8 Å². The van der Waals surface area contributed by atoms with E-state index >= 15 is 0 Å². The Kier molecular flexibility index (Phi) is 2.18. The molecule has 9 unspecified atom stereocenters. The van der Waals surface area contributed by atoms with Crippen LogP contribution in [0.2, 0.25) is 0 Å². The van der Waals surface area contributed by atoms with Crippen LogP contribution in [0, 0.1) is 52.8 Å². The number of hydrogen-bond acceptors (Lipinski definition) is 2. The summed E-state index contributed by atoms with van der Waals surface area (Å²) in [5, 5.41) is 0. The molecule has 4 saturated carbocycles. The number of cyclic esters (lactones) is 1. The van der Waals surface area contributed by atoms with Crippen molar-refractivity contribution in [3.63, 3.8) is 0 Å². The van der Waals surface area contributed by atoms with Gasteiger partial charge in [-0.05, 0) is 66.6 Å². The van der Waals surface area contributed by atoms with Gasteiger partial charge in [0.05, 0.1) is 13.0 Å². The van der Waals surface area contributed by atoms with Gasteiger partial charge in [-0.2, -0.15) is 0 Å². The average Bonchev–Trinajstić information content (AvgIpc) is 3.15. The molecule has 2 heteroatoms. The van der Waals surface area contributed by atoms with Crippen LogP contribution in [0.15, 0.2) is 0 Å². The molecular weight excluding hydrogens is 248 g/mol. The van der Waals surface area contributed by atoms with Crippen molar-refractivity contribution < 1.29 is 9.53 Å². The standard InChI is InChI=1S/C18H26O2/c1-3-11-9(2)12-5-13(11)17-14-4-10(16(12)17)6-18(14)7-15(19)20-8-18/h9-14,16-17H,3-8H2,1-2H3. The molecule has 0 aromatic heterocycles. The summed E-state index contributed by atoms with van der Waals surface area (Å²) in [5.74, 6) is 7.72. The Labute approximate surface area is 121 Å². The van der Waals surface area contributed by atoms with E-state index in [9.17, 15) is 4.79 Å². The minimum absolute atomic E-state index is 0.0812.